The molecule has 1 aromatic carbocycles. The standard InChI is InChI=1S/C19H22N2O2S/c1-12-11-24-19(20-12)18(14-6-7-14)21-17(22)10-16-15-5-3-2-4-13(15)8-9-23-16/h2-5,11,14,16,18H,6-10H2,1H3,(H,21,22)/t16-,18-/m0/s1. The van der Waals surface area contributed by atoms with E-state index in [1.54, 1.807) is 11.3 Å². The average molecular weight is 342 g/mol. The minimum Gasteiger partial charge on any atom is -0.373 e. The fourth-order valence-electron chi connectivity index (χ4n) is 3.37. The van der Waals surface area contributed by atoms with Crippen molar-refractivity contribution in [2.75, 3.05) is 6.61 Å². The van der Waals surface area contributed by atoms with Crippen molar-refractivity contribution < 1.29 is 9.53 Å². The summed E-state index contributed by atoms with van der Waals surface area (Å²) in [6.45, 7) is 2.69. The summed E-state index contributed by atoms with van der Waals surface area (Å²) in [7, 11) is 0. The van der Waals surface area contributed by atoms with Gasteiger partial charge in [-0.15, -0.1) is 11.3 Å². The molecule has 2 aromatic rings. The van der Waals surface area contributed by atoms with Gasteiger partial charge >= 0.3 is 0 Å². The number of aryl methyl sites for hydroxylation is 1. The summed E-state index contributed by atoms with van der Waals surface area (Å²) in [5.41, 5.74) is 3.49. The Morgan fingerprint density at radius 2 is 2.25 bits per heavy atom. The lowest BCUT2D eigenvalue weighted by Crippen LogP contribution is -2.32. The first-order chi connectivity index (χ1) is 11.7. The molecule has 1 amide bonds. The van der Waals surface area contributed by atoms with E-state index in [-0.39, 0.29) is 18.1 Å². The third-order valence-electron chi connectivity index (χ3n) is 4.78. The Morgan fingerprint density at radius 3 is 3.00 bits per heavy atom. The third kappa shape index (κ3) is 3.37. The molecule has 1 aliphatic heterocycles. The average Bonchev–Trinajstić information content (AvgIpc) is 3.34. The highest BCUT2D eigenvalue weighted by Gasteiger charge is 2.35. The van der Waals surface area contributed by atoms with Gasteiger partial charge in [0.15, 0.2) is 0 Å². The molecule has 1 aliphatic carbocycles. The number of thiazole rings is 1. The van der Waals surface area contributed by atoms with E-state index < -0.39 is 0 Å². The number of aromatic nitrogens is 1. The van der Waals surface area contributed by atoms with Gasteiger partial charge in [0, 0.05) is 11.1 Å². The van der Waals surface area contributed by atoms with Crippen LogP contribution in [0.5, 0.6) is 0 Å². The maximum atomic E-state index is 12.6. The summed E-state index contributed by atoms with van der Waals surface area (Å²) in [6, 6.07) is 8.34. The highest BCUT2D eigenvalue weighted by molar-refractivity contribution is 7.09. The summed E-state index contributed by atoms with van der Waals surface area (Å²) in [5, 5.41) is 6.30. The van der Waals surface area contributed by atoms with Gasteiger partial charge in [0.2, 0.25) is 5.91 Å². The number of carbonyl (C=O) groups is 1. The molecular weight excluding hydrogens is 320 g/mol. The number of rotatable bonds is 5. The molecule has 1 N–H and O–H groups in total. The molecule has 0 saturated heterocycles. The van der Waals surface area contributed by atoms with E-state index in [4.69, 9.17) is 4.74 Å². The second kappa shape index (κ2) is 6.65. The Morgan fingerprint density at radius 1 is 1.42 bits per heavy atom. The number of hydrogen-bond acceptors (Lipinski definition) is 4. The maximum Gasteiger partial charge on any atom is 0.223 e. The van der Waals surface area contributed by atoms with Gasteiger partial charge in [0.1, 0.15) is 5.01 Å². The van der Waals surface area contributed by atoms with Crippen molar-refractivity contribution in [2.24, 2.45) is 5.92 Å². The molecule has 126 valence electrons. The van der Waals surface area contributed by atoms with Crippen LogP contribution < -0.4 is 5.32 Å². The molecule has 4 nitrogen and oxygen atoms in total. The SMILES string of the molecule is Cc1csc([C@@H](NC(=O)C[C@@H]2OCCc3ccccc32)C2CC2)n1. The largest absolute Gasteiger partial charge is 0.373 e. The number of benzene rings is 1. The number of hydrogen-bond donors (Lipinski definition) is 1. The molecule has 1 saturated carbocycles. The van der Waals surface area contributed by atoms with E-state index in [9.17, 15) is 4.79 Å². The fraction of sp³-hybridized carbons (Fsp3) is 0.474. The fourth-order valence-corrected chi connectivity index (χ4v) is 4.31. The zero-order chi connectivity index (χ0) is 16.5. The van der Waals surface area contributed by atoms with E-state index in [2.05, 4.69) is 33.9 Å². The monoisotopic (exact) mass is 342 g/mol. The van der Waals surface area contributed by atoms with Crippen LogP contribution in [0.2, 0.25) is 0 Å². The van der Waals surface area contributed by atoms with Crippen LogP contribution in [0, 0.1) is 12.8 Å². The summed E-state index contributed by atoms with van der Waals surface area (Å²) in [4.78, 5) is 17.2. The lowest BCUT2D eigenvalue weighted by Gasteiger charge is -2.26. The molecule has 2 heterocycles. The second-order valence-electron chi connectivity index (χ2n) is 6.72. The summed E-state index contributed by atoms with van der Waals surface area (Å²) in [5.74, 6) is 0.598. The van der Waals surface area contributed by atoms with Crippen molar-refractivity contribution >= 4 is 17.2 Å². The van der Waals surface area contributed by atoms with Gasteiger partial charge in [0.25, 0.3) is 0 Å². The van der Waals surface area contributed by atoms with Crippen molar-refractivity contribution in [2.45, 2.75) is 44.8 Å². The van der Waals surface area contributed by atoms with E-state index in [0.717, 1.165) is 22.7 Å². The second-order valence-corrected chi connectivity index (χ2v) is 7.61. The first-order valence-electron chi connectivity index (χ1n) is 8.61. The predicted octanol–water partition coefficient (Wildman–Crippen LogP) is 3.72. The van der Waals surface area contributed by atoms with Crippen molar-refractivity contribution in [3.63, 3.8) is 0 Å². The van der Waals surface area contributed by atoms with Crippen molar-refractivity contribution in [3.05, 3.63) is 51.5 Å². The van der Waals surface area contributed by atoms with Gasteiger partial charge in [-0.05, 0) is 43.2 Å². The topological polar surface area (TPSA) is 51.2 Å². The molecule has 2 aliphatic rings. The quantitative estimate of drug-likeness (QED) is 0.901. The molecule has 24 heavy (non-hydrogen) atoms. The van der Waals surface area contributed by atoms with Crippen LogP contribution in [0.3, 0.4) is 0 Å². The van der Waals surface area contributed by atoms with Gasteiger partial charge in [-0.3, -0.25) is 4.79 Å². The van der Waals surface area contributed by atoms with Crippen LogP contribution in [0.25, 0.3) is 0 Å². The normalized spacial score (nSPS) is 21.1. The minimum atomic E-state index is -0.132. The molecule has 4 rings (SSSR count). The highest BCUT2D eigenvalue weighted by Crippen LogP contribution is 2.42. The van der Waals surface area contributed by atoms with Gasteiger partial charge < -0.3 is 10.1 Å². The minimum absolute atomic E-state index is 0.0569. The zero-order valence-corrected chi connectivity index (χ0v) is 14.6. The number of ether oxygens (including phenoxy) is 1. The van der Waals surface area contributed by atoms with E-state index in [1.807, 2.05) is 13.0 Å². The van der Waals surface area contributed by atoms with E-state index in [0.29, 0.717) is 18.9 Å². The Kier molecular flexibility index (Phi) is 4.37. The molecule has 0 unspecified atom stereocenters. The van der Waals surface area contributed by atoms with E-state index in [1.165, 1.54) is 18.4 Å². The van der Waals surface area contributed by atoms with Crippen molar-refractivity contribution in [1.82, 2.24) is 10.3 Å². The first kappa shape index (κ1) is 15.8. The van der Waals surface area contributed by atoms with Crippen LogP contribution in [-0.2, 0) is 16.0 Å². The Balaban J connectivity index is 1.45. The zero-order valence-electron chi connectivity index (χ0n) is 13.8. The van der Waals surface area contributed by atoms with E-state index >= 15 is 0 Å². The molecule has 1 aromatic heterocycles. The van der Waals surface area contributed by atoms with Crippen molar-refractivity contribution in [1.29, 1.82) is 0 Å². The maximum absolute atomic E-state index is 12.6. The Labute approximate surface area is 146 Å². The van der Waals surface area contributed by atoms with Crippen LogP contribution in [0.15, 0.2) is 29.6 Å². The van der Waals surface area contributed by atoms with Gasteiger partial charge in [-0.2, -0.15) is 0 Å². The summed E-state index contributed by atoms with van der Waals surface area (Å²) in [6.07, 6.45) is 3.52. The number of nitrogens with zero attached hydrogens (tertiary/aromatic N) is 1. The molecule has 0 bridgehead atoms. The number of fused-ring (bicyclic) bond motifs is 1. The van der Waals surface area contributed by atoms with Gasteiger partial charge in [-0.1, -0.05) is 24.3 Å². The predicted molar refractivity (Wildman–Crippen MR) is 93.9 cm³/mol. The van der Waals surface area contributed by atoms with Crippen molar-refractivity contribution in [3.8, 4) is 0 Å². The summed E-state index contributed by atoms with van der Waals surface area (Å²) < 4.78 is 5.87. The Bertz CT molecular complexity index is 738. The smallest absolute Gasteiger partial charge is 0.223 e. The lowest BCUT2D eigenvalue weighted by molar-refractivity contribution is -0.125. The number of amides is 1. The highest BCUT2D eigenvalue weighted by atomic mass is 32.1. The number of carbonyl (C=O) groups excluding carboxylic acids is 1. The summed E-state index contributed by atoms with van der Waals surface area (Å²) >= 11 is 1.65. The lowest BCUT2D eigenvalue weighted by atomic mass is 9.95. The van der Waals surface area contributed by atoms with Crippen LogP contribution in [0.4, 0.5) is 0 Å². The molecule has 0 radical (unpaired) electrons. The molecular formula is C19H22N2O2S. The van der Waals surface area contributed by atoms with Gasteiger partial charge in [-0.25, -0.2) is 4.98 Å². The van der Waals surface area contributed by atoms with Gasteiger partial charge in [0.05, 0.1) is 25.2 Å². The van der Waals surface area contributed by atoms with Crippen LogP contribution >= 0.6 is 11.3 Å². The van der Waals surface area contributed by atoms with Crippen LogP contribution in [-0.4, -0.2) is 17.5 Å². The number of nitrogens with one attached hydrogen (secondary N) is 1. The Hall–Kier alpha value is -1.72. The third-order valence-corrected chi connectivity index (χ3v) is 5.82. The molecule has 5 heteroatoms. The molecule has 2 atom stereocenters. The molecule has 0 spiro atoms. The van der Waals surface area contributed by atoms with Crippen LogP contribution in [0.1, 0.15) is 53.2 Å². The first-order valence-corrected chi connectivity index (χ1v) is 9.49. The molecule has 1 fully saturated rings.